The van der Waals surface area contributed by atoms with Crippen LogP contribution in [0.15, 0.2) is 18.2 Å². The molecule has 0 saturated heterocycles. The van der Waals surface area contributed by atoms with Crippen molar-refractivity contribution in [1.29, 1.82) is 0 Å². The van der Waals surface area contributed by atoms with Crippen molar-refractivity contribution in [3.8, 4) is 0 Å². The van der Waals surface area contributed by atoms with E-state index in [4.69, 9.17) is 16.3 Å². The number of carbonyl (C=O) groups excluding carboxylic acids is 1. The van der Waals surface area contributed by atoms with Crippen molar-refractivity contribution in [3.63, 3.8) is 0 Å². The molecule has 2 N–H and O–H groups in total. The normalized spacial score (nSPS) is 11.8. The van der Waals surface area contributed by atoms with Crippen LogP contribution in [-0.4, -0.2) is 28.8 Å². The molecule has 1 rings (SSSR count). The molecule has 5 nitrogen and oxygen atoms in total. The van der Waals surface area contributed by atoms with Crippen LogP contribution in [-0.2, 0) is 16.0 Å². The van der Waals surface area contributed by atoms with Crippen LogP contribution in [0.5, 0.6) is 0 Å². The molecule has 6 heteroatoms. The predicted molar refractivity (Wildman–Crippen MR) is 92.0 cm³/mol. The van der Waals surface area contributed by atoms with Gasteiger partial charge in [-0.15, -0.1) is 0 Å². The van der Waals surface area contributed by atoms with Crippen molar-refractivity contribution in [2.45, 2.75) is 59.6 Å². The van der Waals surface area contributed by atoms with Gasteiger partial charge in [-0.3, -0.25) is 0 Å². The first-order valence-corrected chi connectivity index (χ1v) is 7.93. The second kappa shape index (κ2) is 9.40. The summed E-state index contributed by atoms with van der Waals surface area (Å²) in [6.45, 7) is 11.0. The van der Waals surface area contributed by atoms with E-state index in [0.717, 1.165) is 11.1 Å². The Hall–Kier alpha value is -1.75. The Balaban J connectivity index is 0.00000232. The number of alkyl carbamates (subject to hydrolysis) is 1. The number of aliphatic carboxylic acids is 1. The number of ether oxygens (including phenoxy) is 1. The maximum atomic E-state index is 11.7. The fourth-order valence-corrected chi connectivity index (χ4v) is 2.13. The lowest BCUT2D eigenvalue weighted by atomic mass is 10.0. The van der Waals surface area contributed by atoms with E-state index in [9.17, 15) is 14.7 Å². The number of nitrogens with one attached hydrogen (secondary N) is 1. The molecule has 0 saturated carbocycles. The van der Waals surface area contributed by atoms with Gasteiger partial charge in [0.1, 0.15) is 11.6 Å². The van der Waals surface area contributed by atoms with Gasteiger partial charge in [-0.2, -0.15) is 0 Å². The first-order chi connectivity index (χ1) is 10.6. The molecule has 1 unspecified atom stereocenters. The summed E-state index contributed by atoms with van der Waals surface area (Å²) in [6, 6.07) is 4.22. The molecule has 1 aromatic rings. The summed E-state index contributed by atoms with van der Waals surface area (Å²) in [6.07, 6.45) is -0.621. The summed E-state index contributed by atoms with van der Waals surface area (Å²) >= 11 is 5.95. The van der Waals surface area contributed by atoms with Crippen molar-refractivity contribution >= 4 is 23.7 Å². The molecular formula is C17H26ClNO4. The number of amides is 1. The highest BCUT2D eigenvalue weighted by Crippen LogP contribution is 2.16. The number of hydrogen-bond donors (Lipinski definition) is 2. The number of rotatable bonds is 4. The third kappa shape index (κ3) is 9.08. The molecule has 0 heterocycles. The number of carboxylic acid groups (broad SMARTS) is 1. The number of benzene rings is 1. The van der Waals surface area contributed by atoms with Crippen LogP contribution in [0.3, 0.4) is 0 Å². The van der Waals surface area contributed by atoms with E-state index >= 15 is 0 Å². The Labute approximate surface area is 143 Å². The van der Waals surface area contributed by atoms with Gasteiger partial charge < -0.3 is 15.2 Å². The highest BCUT2D eigenvalue weighted by atomic mass is 35.5. The number of aryl methyl sites for hydroxylation is 1. The molecule has 1 atom stereocenters. The van der Waals surface area contributed by atoms with E-state index < -0.39 is 23.7 Å². The largest absolute Gasteiger partial charge is 0.480 e. The van der Waals surface area contributed by atoms with Gasteiger partial charge in [-0.25, -0.2) is 9.59 Å². The Kier molecular flexibility index (Phi) is 8.69. The zero-order valence-corrected chi connectivity index (χ0v) is 15.3. The topological polar surface area (TPSA) is 75.6 Å². The Morgan fingerprint density at radius 2 is 1.83 bits per heavy atom. The minimum absolute atomic E-state index is 0.135. The second-order valence-corrected chi connectivity index (χ2v) is 6.31. The smallest absolute Gasteiger partial charge is 0.408 e. The summed E-state index contributed by atoms with van der Waals surface area (Å²) in [5.74, 6) is -1.13. The first kappa shape index (κ1) is 21.2. The molecule has 0 bridgehead atoms. The Morgan fingerprint density at radius 3 is 2.26 bits per heavy atom. The Bertz CT molecular complexity index is 518. The van der Waals surface area contributed by atoms with E-state index in [-0.39, 0.29) is 6.42 Å². The molecule has 0 spiro atoms. The van der Waals surface area contributed by atoms with E-state index in [0.29, 0.717) is 5.02 Å². The lowest BCUT2D eigenvalue weighted by Gasteiger charge is -2.22. The molecular weight excluding hydrogens is 318 g/mol. The molecule has 0 radical (unpaired) electrons. The van der Waals surface area contributed by atoms with Gasteiger partial charge in [0.05, 0.1) is 0 Å². The third-order valence-corrected chi connectivity index (χ3v) is 2.75. The number of hydrogen-bond acceptors (Lipinski definition) is 3. The quantitative estimate of drug-likeness (QED) is 0.859. The van der Waals surface area contributed by atoms with Gasteiger partial charge in [-0.1, -0.05) is 31.5 Å². The van der Waals surface area contributed by atoms with Crippen molar-refractivity contribution < 1.29 is 19.4 Å². The van der Waals surface area contributed by atoms with Crippen LogP contribution >= 0.6 is 11.6 Å². The minimum atomic E-state index is -1.13. The van der Waals surface area contributed by atoms with Crippen LogP contribution in [0.25, 0.3) is 0 Å². The van der Waals surface area contributed by atoms with Crippen LogP contribution in [0.1, 0.15) is 45.7 Å². The molecule has 0 aliphatic carbocycles. The molecule has 130 valence electrons. The lowest BCUT2D eigenvalue weighted by Crippen LogP contribution is -2.44. The lowest BCUT2D eigenvalue weighted by molar-refractivity contribution is -0.139. The van der Waals surface area contributed by atoms with Crippen molar-refractivity contribution in [1.82, 2.24) is 5.32 Å². The molecule has 23 heavy (non-hydrogen) atoms. The summed E-state index contributed by atoms with van der Waals surface area (Å²) in [5.41, 5.74) is 0.988. The maximum absolute atomic E-state index is 11.7. The van der Waals surface area contributed by atoms with Gasteiger partial charge in [0.25, 0.3) is 0 Å². The van der Waals surface area contributed by atoms with Crippen molar-refractivity contribution in [3.05, 3.63) is 34.3 Å². The monoisotopic (exact) mass is 343 g/mol. The highest BCUT2D eigenvalue weighted by molar-refractivity contribution is 6.30. The van der Waals surface area contributed by atoms with Crippen LogP contribution < -0.4 is 5.32 Å². The van der Waals surface area contributed by atoms with Crippen LogP contribution in [0, 0.1) is 6.92 Å². The number of carbonyl (C=O) groups is 2. The number of halogens is 1. The predicted octanol–water partition coefficient (Wildman–Crippen LogP) is 4.20. The highest BCUT2D eigenvalue weighted by Gasteiger charge is 2.24. The average molecular weight is 344 g/mol. The molecule has 1 aromatic carbocycles. The SMILES string of the molecule is CC.Cc1cc(Cl)cc(CC(NC(=O)OC(C)(C)C)C(=O)O)c1. The first-order valence-electron chi connectivity index (χ1n) is 7.55. The summed E-state index contributed by atoms with van der Waals surface area (Å²) in [4.78, 5) is 22.9. The van der Waals surface area contributed by atoms with Gasteiger partial charge in [0.2, 0.25) is 0 Å². The van der Waals surface area contributed by atoms with E-state index in [1.807, 2.05) is 26.8 Å². The van der Waals surface area contributed by atoms with Crippen LogP contribution in [0.2, 0.25) is 5.02 Å². The van der Waals surface area contributed by atoms with Crippen molar-refractivity contribution in [2.75, 3.05) is 0 Å². The molecule has 0 aliphatic rings. The van der Waals surface area contributed by atoms with E-state index in [2.05, 4.69) is 5.32 Å². The molecule has 0 aliphatic heterocycles. The van der Waals surface area contributed by atoms with Crippen LogP contribution in [0.4, 0.5) is 4.79 Å². The summed E-state index contributed by atoms with van der Waals surface area (Å²) < 4.78 is 5.06. The fraction of sp³-hybridized carbons (Fsp3) is 0.529. The summed E-state index contributed by atoms with van der Waals surface area (Å²) in [7, 11) is 0. The minimum Gasteiger partial charge on any atom is -0.480 e. The molecule has 0 fully saturated rings. The fourth-order valence-electron chi connectivity index (χ4n) is 1.82. The van der Waals surface area contributed by atoms with E-state index in [1.165, 1.54) is 0 Å². The maximum Gasteiger partial charge on any atom is 0.408 e. The standard InChI is InChI=1S/C15H20ClNO4.C2H6/c1-9-5-10(7-11(16)6-9)8-12(13(18)19)17-14(20)21-15(2,3)4;1-2/h5-7,12H,8H2,1-4H3,(H,17,20)(H,18,19);1-2H3. The van der Waals surface area contributed by atoms with Gasteiger partial charge in [-0.05, 0) is 51.0 Å². The average Bonchev–Trinajstić information content (AvgIpc) is 2.36. The molecule has 0 aromatic heterocycles. The zero-order valence-electron chi connectivity index (χ0n) is 14.6. The Morgan fingerprint density at radius 1 is 1.26 bits per heavy atom. The zero-order chi connectivity index (χ0) is 18.2. The molecule has 1 amide bonds. The van der Waals surface area contributed by atoms with Gasteiger partial charge >= 0.3 is 12.1 Å². The number of carboxylic acids is 1. The summed E-state index contributed by atoms with van der Waals surface area (Å²) in [5, 5.41) is 12.1. The van der Waals surface area contributed by atoms with Gasteiger partial charge in [0.15, 0.2) is 0 Å². The van der Waals surface area contributed by atoms with Gasteiger partial charge in [0, 0.05) is 11.4 Å². The van der Waals surface area contributed by atoms with Crippen molar-refractivity contribution in [2.24, 2.45) is 0 Å². The second-order valence-electron chi connectivity index (χ2n) is 5.88. The van der Waals surface area contributed by atoms with E-state index in [1.54, 1.807) is 32.9 Å². The third-order valence-electron chi connectivity index (χ3n) is 2.53.